The van der Waals surface area contributed by atoms with Crippen LogP contribution in [0.3, 0.4) is 0 Å². The van der Waals surface area contributed by atoms with Crippen LogP contribution in [0.15, 0.2) is 24.3 Å². The van der Waals surface area contributed by atoms with Gasteiger partial charge in [0, 0.05) is 38.7 Å². The van der Waals surface area contributed by atoms with Gasteiger partial charge in [-0.25, -0.2) is 0 Å². The van der Waals surface area contributed by atoms with Gasteiger partial charge in [-0.2, -0.15) is 0 Å². The van der Waals surface area contributed by atoms with Crippen LogP contribution in [0.4, 0.5) is 11.4 Å². The molecule has 0 aliphatic rings. The maximum atomic E-state index is 9.00. The molecule has 1 rings (SSSR count). The lowest BCUT2D eigenvalue weighted by atomic mass is 10.2. The number of rotatable bonds is 9. The molecule has 0 atom stereocenters. The molecule has 0 aliphatic carbocycles. The number of ether oxygens (including phenoxy) is 2. The first-order valence-electron chi connectivity index (χ1n) is 6.50. The number of nitrogens with zero attached hydrogens (tertiary/aromatic N) is 1. The Hall–Kier alpha value is -1.30. The number of aliphatic hydroxyl groups excluding tert-OH is 1. The number of methoxy groups -OCH3 is 2. The van der Waals surface area contributed by atoms with E-state index < -0.39 is 0 Å². The summed E-state index contributed by atoms with van der Waals surface area (Å²) in [5, 5.41) is 12.2. The third-order valence-corrected chi connectivity index (χ3v) is 2.98. The Bertz CT molecular complexity index is 339. The van der Waals surface area contributed by atoms with Gasteiger partial charge in [0.05, 0.1) is 13.2 Å². The normalized spacial score (nSPS) is 10.8. The summed E-state index contributed by atoms with van der Waals surface area (Å²) in [5.74, 6) is 0. The van der Waals surface area contributed by atoms with Crippen molar-refractivity contribution in [3.8, 4) is 0 Å². The molecular weight excluding hydrogens is 244 g/mol. The van der Waals surface area contributed by atoms with Gasteiger partial charge in [0.2, 0.25) is 0 Å². The smallest absolute Gasteiger partial charge is 0.173 e. The zero-order valence-corrected chi connectivity index (χ0v) is 11.9. The predicted molar refractivity (Wildman–Crippen MR) is 77.7 cm³/mol. The first kappa shape index (κ1) is 15.8. The molecule has 0 amide bonds. The second-order valence-corrected chi connectivity index (χ2v) is 4.13. The molecule has 0 aliphatic heterocycles. The highest BCUT2D eigenvalue weighted by Gasteiger charge is 2.05. The van der Waals surface area contributed by atoms with Crippen molar-refractivity contribution in [1.29, 1.82) is 0 Å². The summed E-state index contributed by atoms with van der Waals surface area (Å²) in [4.78, 5) is 2.12. The van der Waals surface area contributed by atoms with Crippen molar-refractivity contribution in [1.82, 2.24) is 0 Å². The number of hydrogen-bond donors (Lipinski definition) is 2. The van der Waals surface area contributed by atoms with Crippen LogP contribution in [-0.4, -0.2) is 51.9 Å². The maximum absolute atomic E-state index is 9.00. The Morgan fingerprint density at radius 3 is 2.32 bits per heavy atom. The summed E-state index contributed by atoms with van der Waals surface area (Å²) < 4.78 is 10.2. The lowest BCUT2D eigenvalue weighted by molar-refractivity contribution is -0.0914. The Kier molecular flexibility index (Phi) is 7.25. The fourth-order valence-electron chi connectivity index (χ4n) is 1.84. The van der Waals surface area contributed by atoms with Crippen LogP contribution in [0.5, 0.6) is 0 Å². The van der Waals surface area contributed by atoms with Crippen molar-refractivity contribution in [3.63, 3.8) is 0 Å². The number of aliphatic hydroxyl groups is 1. The van der Waals surface area contributed by atoms with Gasteiger partial charge in [-0.3, -0.25) is 0 Å². The van der Waals surface area contributed by atoms with E-state index in [1.807, 2.05) is 24.3 Å². The molecule has 2 N–H and O–H groups in total. The number of benzene rings is 1. The van der Waals surface area contributed by atoms with E-state index in [0.717, 1.165) is 17.9 Å². The zero-order valence-electron chi connectivity index (χ0n) is 11.9. The summed E-state index contributed by atoms with van der Waals surface area (Å²) in [6.45, 7) is 4.36. The van der Waals surface area contributed by atoms with E-state index in [-0.39, 0.29) is 12.9 Å². The van der Waals surface area contributed by atoms with E-state index in [2.05, 4.69) is 17.1 Å². The number of hydrogen-bond acceptors (Lipinski definition) is 5. The van der Waals surface area contributed by atoms with Gasteiger partial charge < -0.3 is 24.8 Å². The molecular formula is C14H24N2O3. The molecule has 0 saturated heterocycles. The molecule has 5 nitrogen and oxygen atoms in total. The fraction of sp³-hybridized carbons (Fsp3) is 0.571. The van der Waals surface area contributed by atoms with E-state index in [9.17, 15) is 0 Å². The summed E-state index contributed by atoms with van der Waals surface area (Å²) in [7, 11) is 3.24. The number of nitrogens with one attached hydrogen (secondary N) is 1. The average Bonchev–Trinajstić information content (AvgIpc) is 2.46. The van der Waals surface area contributed by atoms with Crippen molar-refractivity contribution < 1.29 is 14.6 Å². The molecule has 1 aromatic rings. The molecule has 108 valence electrons. The Balaban J connectivity index is 2.55. The molecule has 0 fully saturated rings. The molecule has 0 bridgehead atoms. The van der Waals surface area contributed by atoms with Crippen LogP contribution in [0, 0.1) is 0 Å². The summed E-state index contributed by atoms with van der Waals surface area (Å²) in [6.07, 6.45) is -0.249. The minimum Gasteiger partial charge on any atom is -0.395 e. The van der Waals surface area contributed by atoms with Crippen molar-refractivity contribution in [3.05, 3.63) is 24.3 Å². The highest BCUT2D eigenvalue weighted by molar-refractivity contribution is 5.55. The first-order chi connectivity index (χ1) is 9.24. The topological polar surface area (TPSA) is 54.0 Å². The van der Waals surface area contributed by atoms with E-state index in [4.69, 9.17) is 14.6 Å². The van der Waals surface area contributed by atoms with Crippen molar-refractivity contribution in [2.75, 3.05) is 50.7 Å². The largest absolute Gasteiger partial charge is 0.395 e. The maximum Gasteiger partial charge on any atom is 0.173 e. The predicted octanol–water partition coefficient (Wildman–Crippen LogP) is 1.54. The molecule has 5 heteroatoms. The minimum atomic E-state index is -0.249. The van der Waals surface area contributed by atoms with E-state index in [1.54, 1.807) is 14.2 Å². The van der Waals surface area contributed by atoms with Gasteiger partial charge in [0.25, 0.3) is 0 Å². The zero-order chi connectivity index (χ0) is 14.1. The van der Waals surface area contributed by atoms with Gasteiger partial charge in [-0.05, 0) is 31.2 Å². The van der Waals surface area contributed by atoms with Gasteiger partial charge in [-0.1, -0.05) is 0 Å². The van der Waals surface area contributed by atoms with Crippen molar-refractivity contribution in [2.45, 2.75) is 13.2 Å². The molecule has 0 radical (unpaired) electrons. The van der Waals surface area contributed by atoms with E-state index in [1.165, 1.54) is 0 Å². The molecule has 1 aromatic carbocycles. The van der Waals surface area contributed by atoms with Crippen molar-refractivity contribution >= 4 is 11.4 Å². The van der Waals surface area contributed by atoms with Crippen LogP contribution in [0.2, 0.25) is 0 Å². The standard InChI is InChI=1S/C14H24N2O3/c1-4-16(9-10-17)13-7-5-12(6-8-13)15-11-14(18-2)19-3/h5-8,14-15,17H,4,9-11H2,1-3H3. The van der Waals surface area contributed by atoms with Crippen LogP contribution in [0.25, 0.3) is 0 Å². The quantitative estimate of drug-likeness (QED) is 0.665. The molecule has 0 heterocycles. The lowest BCUT2D eigenvalue weighted by Gasteiger charge is -2.22. The average molecular weight is 268 g/mol. The Labute approximate surface area is 115 Å². The van der Waals surface area contributed by atoms with E-state index in [0.29, 0.717) is 13.1 Å². The van der Waals surface area contributed by atoms with Crippen LogP contribution in [0.1, 0.15) is 6.92 Å². The molecule has 0 unspecified atom stereocenters. The second kappa shape index (κ2) is 8.74. The molecule has 0 saturated carbocycles. The van der Waals surface area contributed by atoms with Gasteiger partial charge >= 0.3 is 0 Å². The molecule has 0 spiro atoms. The second-order valence-electron chi connectivity index (χ2n) is 4.13. The summed E-state index contributed by atoms with van der Waals surface area (Å²) >= 11 is 0. The van der Waals surface area contributed by atoms with Gasteiger partial charge in [0.1, 0.15) is 0 Å². The van der Waals surface area contributed by atoms with Crippen LogP contribution >= 0.6 is 0 Å². The fourth-order valence-corrected chi connectivity index (χ4v) is 1.84. The van der Waals surface area contributed by atoms with Crippen LogP contribution in [-0.2, 0) is 9.47 Å². The van der Waals surface area contributed by atoms with Crippen LogP contribution < -0.4 is 10.2 Å². The molecule has 0 aromatic heterocycles. The van der Waals surface area contributed by atoms with Crippen molar-refractivity contribution in [2.24, 2.45) is 0 Å². The monoisotopic (exact) mass is 268 g/mol. The lowest BCUT2D eigenvalue weighted by Crippen LogP contribution is -2.26. The number of likely N-dealkylation sites (N-methyl/N-ethyl adjacent to an activating group) is 1. The molecule has 19 heavy (non-hydrogen) atoms. The van der Waals surface area contributed by atoms with Gasteiger partial charge in [0.15, 0.2) is 6.29 Å². The minimum absolute atomic E-state index is 0.164. The Morgan fingerprint density at radius 1 is 1.21 bits per heavy atom. The summed E-state index contributed by atoms with van der Waals surface area (Å²) in [5.41, 5.74) is 2.13. The third kappa shape index (κ3) is 5.06. The Morgan fingerprint density at radius 2 is 1.84 bits per heavy atom. The highest BCUT2D eigenvalue weighted by atomic mass is 16.7. The van der Waals surface area contributed by atoms with Gasteiger partial charge in [-0.15, -0.1) is 0 Å². The SMILES string of the molecule is CCN(CCO)c1ccc(NCC(OC)OC)cc1. The third-order valence-electron chi connectivity index (χ3n) is 2.98. The summed E-state index contributed by atoms with van der Waals surface area (Å²) in [6, 6.07) is 8.10. The first-order valence-corrected chi connectivity index (χ1v) is 6.50. The number of anilines is 2. The highest BCUT2D eigenvalue weighted by Crippen LogP contribution is 2.17. The van der Waals surface area contributed by atoms with E-state index >= 15 is 0 Å².